The first-order valence-corrected chi connectivity index (χ1v) is 9.73. The normalized spacial score (nSPS) is 10.4. The second-order valence-electron chi connectivity index (χ2n) is 6.42. The van der Waals surface area contributed by atoms with E-state index in [1.807, 2.05) is 13.8 Å². The first-order chi connectivity index (χ1) is 12.5. The van der Waals surface area contributed by atoms with Crippen molar-refractivity contribution in [2.75, 3.05) is 7.11 Å². The van der Waals surface area contributed by atoms with Gasteiger partial charge in [-0.3, -0.25) is 4.79 Å². The summed E-state index contributed by atoms with van der Waals surface area (Å²) in [6.45, 7) is 11.0. The lowest BCUT2D eigenvalue weighted by molar-refractivity contribution is -0.118. The molecule has 0 amide bonds. The third-order valence-corrected chi connectivity index (χ3v) is 4.48. The van der Waals surface area contributed by atoms with E-state index in [0.717, 1.165) is 42.8 Å². The minimum Gasteiger partial charge on any atom is -0.461 e. The van der Waals surface area contributed by atoms with Gasteiger partial charge in [0, 0.05) is 31.1 Å². The highest BCUT2D eigenvalue weighted by Crippen LogP contribution is 2.32. The highest BCUT2D eigenvalue weighted by Gasteiger charge is 2.16. The second kappa shape index (κ2) is 11.7. The smallest absolute Gasteiger partial charge is 0.137 e. The lowest BCUT2D eigenvalue weighted by atomic mass is 10.00. The van der Waals surface area contributed by atoms with Crippen LogP contribution in [0.25, 0.3) is 11.3 Å². The molecule has 1 heterocycles. The van der Waals surface area contributed by atoms with Crippen LogP contribution in [0.4, 0.5) is 0 Å². The number of carbonyl (C=O) groups excluding carboxylic acids is 1. The monoisotopic (exact) mass is 358 g/mol. The number of hydrogen-bond donors (Lipinski definition) is 0. The fourth-order valence-corrected chi connectivity index (χ4v) is 3.07. The molecular weight excluding hydrogens is 324 g/mol. The van der Waals surface area contributed by atoms with Crippen molar-refractivity contribution in [2.24, 2.45) is 0 Å². The Kier molecular flexibility index (Phi) is 9.97. The van der Waals surface area contributed by atoms with Crippen LogP contribution in [0.3, 0.4) is 0 Å². The number of rotatable bonds is 8. The fourth-order valence-electron chi connectivity index (χ4n) is 3.07. The Balaban J connectivity index is 0.000000412. The molecule has 1 aromatic carbocycles. The van der Waals surface area contributed by atoms with E-state index in [1.165, 1.54) is 16.7 Å². The molecular formula is C23H34O3. The minimum atomic E-state index is 0.377. The van der Waals surface area contributed by atoms with Crippen molar-refractivity contribution in [1.29, 1.82) is 0 Å². The number of Topliss-reactive ketones (excluding diaryl/α,β-unsaturated/α-hetero) is 1. The molecule has 0 fully saturated rings. The van der Waals surface area contributed by atoms with Crippen molar-refractivity contribution >= 4 is 5.78 Å². The van der Waals surface area contributed by atoms with E-state index < -0.39 is 0 Å². The summed E-state index contributed by atoms with van der Waals surface area (Å²) in [5, 5.41) is 0. The number of hydrogen-bond acceptors (Lipinski definition) is 3. The van der Waals surface area contributed by atoms with Crippen molar-refractivity contribution < 1.29 is 13.9 Å². The van der Waals surface area contributed by atoms with Crippen molar-refractivity contribution in [2.45, 2.75) is 73.3 Å². The van der Waals surface area contributed by atoms with Gasteiger partial charge in [-0.25, -0.2) is 0 Å². The van der Waals surface area contributed by atoms with E-state index in [9.17, 15) is 4.79 Å². The summed E-state index contributed by atoms with van der Waals surface area (Å²) in [5.74, 6) is 2.46. The van der Waals surface area contributed by atoms with Gasteiger partial charge < -0.3 is 9.15 Å². The zero-order chi connectivity index (χ0) is 19.5. The molecule has 0 spiro atoms. The number of ketones is 1. The van der Waals surface area contributed by atoms with Crippen LogP contribution in [0.5, 0.6) is 0 Å². The van der Waals surface area contributed by atoms with Gasteiger partial charge in [0.2, 0.25) is 0 Å². The zero-order valence-electron chi connectivity index (χ0n) is 17.3. The van der Waals surface area contributed by atoms with Gasteiger partial charge in [-0.2, -0.15) is 0 Å². The van der Waals surface area contributed by atoms with Crippen LogP contribution in [-0.2, 0) is 29.0 Å². The predicted molar refractivity (Wildman–Crippen MR) is 109 cm³/mol. The molecule has 0 saturated carbocycles. The van der Waals surface area contributed by atoms with E-state index in [4.69, 9.17) is 9.15 Å². The van der Waals surface area contributed by atoms with Gasteiger partial charge in [0.15, 0.2) is 0 Å². The highest BCUT2D eigenvalue weighted by atomic mass is 16.5. The van der Waals surface area contributed by atoms with Gasteiger partial charge in [-0.1, -0.05) is 52.0 Å². The molecule has 0 unspecified atom stereocenters. The van der Waals surface area contributed by atoms with Crippen LogP contribution in [0.15, 0.2) is 28.7 Å². The number of benzene rings is 1. The highest BCUT2D eigenvalue weighted by molar-refractivity contribution is 5.77. The Hall–Kier alpha value is -1.87. The van der Waals surface area contributed by atoms with Gasteiger partial charge in [0.05, 0.1) is 6.61 Å². The van der Waals surface area contributed by atoms with Gasteiger partial charge in [0.1, 0.15) is 17.3 Å². The Bertz CT molecular complexity index is 666. The lowest BCUT2D eigenvalue weighted by Gasteiger charge is -2.04. The third-order valence-electron chi connectivity index (χ3n) is 4.48. The molecule has 0 aliphatic rings. The first-order valence-electron chi connectivity index (χ1n) is 9.73. The van der Waals surface area contributed by atoms with Crippen LogP contribution >= 0.6 is 0 Å². The number of aryl methyl sites for hydroxylation is 1. The molecule has 144 valence electrons. The maximum Gasteiger partial charge on any atom is 0.137 e. The van der Waals surface area contributed by atoms with Gasteiger partial charge in [-0.05, 0) is 37.3 Å². The van der Waals surface area contributed by atoms with Crippen molar-refractivity contribution in [3.8, 4) is 11.3 Å². The molecule has 0 aliphatic carbocycles. The van der Waals surface area contributed by atoms with Crippen molar-refractivity contribution in [3.63, 3.8) is 0 Å². The average Bonchev–Trinajstić information content (AvgIpc) is 2.98. The Morgan fingerprint density at radius 2 is 1.62 bits per heavy atom. The summed E-state index contributed by atoms with van der Waals surface area (Å²) in [5.41, 5.74) is 5.04. The van der Waals surface area contributed by atoms with E-state index in [-0.39, 0.29) is 0 Å². The molecule has 0 N–H and O–H groups in total. The molecule has 2 rings (SSSR count). The Morgan fingerprint density at radius 3 is 2.04 bits per heavy atom. The van der Waals surface area contributed by atoms with Crippen LogP contribution in [0.2, 0.25) is 0 Å². The molecule has 3 nitrogen and oxygen atoms in total. The average molecular weight is 359 g/mol. The maximum atomic E-state index is 10.4. The first kappa shape index (κ1) is 22.2. The molecule has 3 heteroatoms. The van der Waals surface area contributed by atoms with Crippen LogP contribution in [-0.4, -0.2) is 12.9 Å². The van der Waals surface area contributed by atoms with E-state index in [2.05, 4.69) is 45.0 Å². The van der Waals surface area contributed by atoms with Crippen molar-refractivity contribution in [1.82, 2.24) is 0 Å². The quantitative estimate of drug-likeness (QED) is 0.556. The fraction of sp³-hybridized carbons (Fsp3) is 0.522. The molecule has 0 aliphatic heterocycles. The van der Waals surface area contributed by atoms with Gasteiger partial charge >= 0.3 is 0 Å². The van der Waals surface area contributed by atoms with Crippen LogP contribution in [0.1, 0.15) is 69.4 Å². The molecule has 1 aromatic heterocycles. The summed E-state index contributed by atoms with van der Waals surface area (Å²) in [7, 11) is 1.71. The SMILES string of the molecule is CCCC(=O)CC.CCc1c(C)oc(-c2ccc(COC)cc2)c1CC. The second-order valence-corrected chi connectivity index (χ2v) is 6.42. The minimum absolute atomic E-state index is 0.377. The number of carbonyl (C=O) groups is 1. The van der Waals surface area contributed by atoms with E-state index in [1.54, 1.807) is 7.11 Å². The predicted octanol–water partition coefficient (Wildman–Crippen LogP) is 6.29. The molecule has 26 heavy (non-hydrogen) atoms. The van der Waals surface area contributed by atoms with E-state index in [0.29, 0.717) is 18.8 Å². The maximum absolute atomic E-state index is 10.4. The zero-order valence-corrected chi connectivity index (χ0v) is 17.3. The lowest BCUT2D eigenvalue weighted by Crippen LogP contribution is -1.91. The van der Waals surface area contributed by atoms with Gasteiger partial charge in [0.25, 0.3) is 0 Å². The summed E-state index contributed by atoms with van der Waals surface area (Å²) in [6, 6.07) is 8.43. The molecule has 0 bridgehead atoms. The van der Waals surface area contributed by atoms with E-state index >= 15 is 0 Å². The topological polar surface area (TPSA) is 39.4 Å². The van der Waals surface area contributed by atoms with Gasteiger partial charge in [-0.15, -0.1) is 0 Å². The molecule has 0 saturated heterocycles. The third kappa shape index (κ3) is 6.14. The molecule has 2 aromatic rings. The molecule has 0 atom stereocenters. The summed E-state index contributed by atoms with van der Waals surface area (Å²) in [4.78, 5) is 10.4. The number of ether oxygens (including phenoxy) is 1. The number of furan rings is 1. The Labute approximate surface area is 158 Å². The summed E-state index contributed by atoms with van der Waals surface area (Å²) >= 11 is 0. The Morgan fingerprint density at radius 1 is 1.00 bits per heavy atom. The van der Waals surface area contributed by atoms with Crippen LogP contribution < -0.4 is 0 Å². The summed E-state index contributed by atoms with van der Waals surface area (Å²) < 4.78 is 11.1. The standard InChI is InChI=1S/C17H22O2.C6H12O/c1-5-15-12(3)19-17(16(15)6-2)14-9-7-13(8-10-14)11-18-4;1-3-5-6(7)4-2/h7-10H,5-6,11H2,1-4H3;3-5H2,1-2H3. The number of methoxy groups -OCH3 is 1. The molecule has 0 radical (unpaired) electrons. The summed E-state index contributed by atoms with van der Waals surface area (Å²) in [6.07, 6.45) is 4.49. The van der Waals surface area contributed by atoms with Crippen molar-refractivity contribution in [3.05, 3.63) is 46.7 Å². The largest absolute Gasteiger partial charge is 0.461 e. The van der Waals surface area contributed by atoms with Crippen LogP contribution in [0, 0.1) is 6.92 Å².